The monoisotopic (exact) mass is 998 g/mol. The molecule has 0 saturated heterocycles. The first-order valence-electron chi connectivity index (χ1n) is 28.1. The van der Waals surface area contributed by atoms with E-state index in [1.807, 2.05) is 94.1 Å². The van der Waals surface area contributed by atoms with Crippen molar-refractivity contribution in [2.75, 3.05) is 40.9 Å². The number of ether oxygens (including phenoxy) is 1. The normalized spacial score (nSPS) is 14.6. The molecule has 0 aliphatic rings. The van der Waals surface area contributed by atoms with E-state index in [0.29, 0.717) is 30.3 Å². The van der Waals surface area contributed by atoms with Crippen LogP contribution in [0.4, 0.5) is 0 Å². The summed E-state index contributed by atoms with van der Waals surface area (Å²) in [6.45, 7) is 6.80. The van der Waals surface area contributed by atoms with Gasteiger partial charge in [-0.25, -0.2) is 4.57 Å². The lowest BCUT2D eigenvalue weighted by molar-refractivity contribution is -0.870. The van der Waals surface area contributed by atoms with Crippen LogP contribution in [-0.4, -0.2) is 74.3 Å². The molecule has 0 radical (unpaired) electrons. The number of phosphoric acid groups is 1. The van der Waals surface area contributed by atoms with Crippen LogP contribution in [0.2, 0.25) is 0 Å². The summed E-state index contributed by atoms with van der Waals surface area (Å²) in [5.74, 6) is -0.581. The first-order chi connectivity index (χ1) is 33.9. The molecule has 0 aromatic carbocycles. The van der Waals surface area contributed by atoms with Crippen molar-refractivity contribution in [2.24, 2.45) is 0 Å². The molecule has 3 atom stereocenters. The zero-order valence-corrected chi connectivity index (χ0v) is 46.6. The summed E-state index contributed by atoms with van der Waals surface area (Å²) in [7, 11) is 1.45. The molecule has 9 nitrogen and oxygen atoms in total. The second-order valence-electron chi connectivity index (χ2n) is 19.9. The summed E-state index contributed by atoms with van der Waals surface area (Å²) in [6, 6.07) is -0.879. The second-order valence-corrected chi connectivity index (χ2v) is 21.3. The van der Waals surface area contributed by atoms with Crippen LogP contribution >= 0.6 is 7.82 Å². The lowest BCUT2D eigenvalue weighted by atomic mass is 10.0. The highest BCUT2D eigenvalue weighted by atomic mass is 31.2. The number of carbonyl (C=O) groups is 2. The van der Waals surface area contributed by atoms with Crippen molar-refractivity contribution in [1.82, 2.24) is 5.32 Å². The van der Waals surface area contributed by atoms with E-state index in [4.69, 9.17) is 13.8 Å². The summed E-state index contributed by atoms with van der Waals surface area (Å²) >= 11 is 0. The average molecular weight is 998 g/mol. The van der Waals surface area contributed by atoms with E-state index in [1.54, 1.807) is 0 Å². The lowest BCUT2D eigenvalue weighted by Crippen LogP contribution is -2.47. The molecule has 0 aliphatic carbocycles. The van der Waals surface area contributed by atoms with Crippen molar-refractivity contribution in [2.45, 2.75) is 232 Å². The van der Waals surface area contributed by atoms with Gasteiger partial charge in [0.1, 0.15) is 19.3 Å². The maximum atomic E-state index is 13.5. The molecular formula is C60H106N2O7P+. The minimum absolute atomic E-state index is 0.0253. The van der Waals surface area contributed by atoms with E-state index in [-0.39, 0.29) is 31.5 Å². The van der Waals surface area contributed by atoms with Gasteiger partial charge in [0.25, 0.3) is 0 Å². The van der Waals surface area contributed by atoms with Gasteiger partial charge in [0.2, 0.25) is 5.91 Å². The first-order valence-corrected chi connectivity index (χ1v) is 29.6. The predicted molar refractivity (Wildman–Crippen MR) is 300 cm³/mol. The fourth-order valence-corrected chi connectivity index (χ4v) is 8.29. The maximum absolute atomic E-state index is 13.5. The fourth-order valence-electron chi connectivity index (χ4n) is 7.55. The Kier molecular flexibility index (Phi) is 47.3. The molecular weight excluding hydrogens is 892 g/mol. The van der Waals surface area contributed by atoms with Gasteiger partial charge in [-0.15, -0.1) is 0 Å². The molecule has 402 valence electrons. The van der Waals surface area contributed by atoms with Gasteiger partial charge < -0.3 is 19.4 Å². The molecule has 3 unspecified atom stereocenters. The number of rotatable bonds is 49. The molecule has 0 bridgehead atoms. The topological polar surface area (TPSA) is 111 Å². The van der Waals surface area contributed by atoms with E-state index in [9.17, 15) is 19.0 Å². The summed E-state index contributed by atoms with van der Waals surface area (Å²) in [5.41, 5.74) is 0. The molecule has 2 N–H and O–H groups in total. The van der Waals surface area contributed by atoms with Crippen molar-refractivity contribution < 1.29 is 37.3 Å². The molecule has 0 aliphatic heterocycles. The molecule has 0 saturated carbocycles. The van der Waals surface area contributed by atoms with Gasteiger partial charge in [0, 0.05) is 12.8 Å². The molecule has 0 aromatic heterocycles. The number of nitrogens with one attached hydrogen (secondary N) is 1. The zero-order chi connectivity index (χ0) is 51.5. The van der Waals surface area contributed by atoms with Gasteiger partial charge in [-0.1, -0.05) is 227 Å². The van der Waals surface area contributed by atoms with E-state index in [0.717, 1.165) is 70.6 Å². The van der Waals surface area contributed by atoms with Crippen LogP contribution in [-0.2, 0) is 27.9 Å². The summed E-state index contributed by atoms with van der Waals surface area (Å²) < 4.78 is 30.5. The van der Waals surface area contributed by atoms with Gasteiger partial charge in [-0.2, -0.15) is 0 Å². The van der Waals surface area contributed by atoms with Crippen molar-refractivity contribution in [3.63, 3.8) is 0 Å². The van der Waals surface area contributed by atoms with Crippen LogP contribution in [0.25, 0.3) is 0 Å². The number of carbonyl (C=O) groups excluding carboxylic acids is 2. The number of hydrogen-bond acceptors (Lipinski definition) is 6. The van der Waals surface area contributed by atoms with Crippen molar-refractivity contribution in [1.29, 1.82) is 0 Å². The molecule has 0 rings (SSSR count). The van der Waals surface area contributed by atoms with E-state index >= 15 is 0 Å². The molecule has 0 aromatic rings. The zero-order valence-electron chi connectivity index (χ0n) is 45.7. The number of phosphoric ester groups is 1. The van der Waals surface area contributed by atoms with E-state index in [1.165, 1.54) is 103 Å². The number of likely N-dealkylation sites (N-methyl/N-ethyl adjacent to an activating group) is 1. The van der Waals surface area contributed by atoms with Gasteiger partial charge >= 0.3 is 13.8 Å². The summed E-state index contributed by atoms with van der Waals surface area (Å²) in [4.78, 5) is 37.5. The molecule has 0 fully saturated rings. The van der Waals surface area contributed by atoms with Crippen molar-refractivity contribution >= 4 is 19.7 Å². The Balaban J connectivity index is 5.52. The lowest BCUT2D eigenvalue weighted by Gasteiger charge is -2.27. The molecule has 0 spiro atoms. The van der Waals surface area contributed by atoms with Crippen LogP contribution in [0, 0.1) is 0 Å². The first kappa shape index (κ1) is 66.9. The van der Waals surface area contributed by atoms with Crippen LogP contribution in [0.15, 0.2) is 97.2 Å². The molecule has 70 heavy (non-hydrogen) atoms. The van der Waals surface area contributed by atoms with Crippen molar-refractivity contribution in [3.05, 3.63) is 97.2 Å². The Morgan fingerprint density at radius 1 is 0.514 bits per heavy atom. The smallest absolute Gasteiger partial charge is 0.456 e. The Bertz CT molecular complexity index is 1520. The largest absolute Gasteiger partial charge is 0.472 e. The molecule has 1 amide bonds. The maximum Gasteiger partial charge on any atom is 0.472 e. The minimum atomic E-state index is -4.46. The number of hydrogen-bond donors (Lipinski definition) is 2. The van der Waals surface area contributed by atoms with Crippen LogP contribution < -0.4 is 5.32 Å². The van der Waals surface area contributed by atoms with E-state index < -0.39 is 20.0 Å². The Morgan fingerprint density at radius 2 is 0.929 bits per heavy atom. The average Bonchev–Trinajstić information content (AvgIpc) is 3.32. The van der Waals surface area contributed by atoms with Crippen LogP contribution in [0.5, 0.6) is 0 Å². The van der Waals surface area contributed by atoms with Gasteiger partial charge in [-0.3, -0.25) is 18.6 Å². The summed E-state index contributed by atoms with van der Waals surface area (Å²) in [5, 5.41) is 3.02. The molecule has 10 heteroatoms. The molecule has 0 heterocycles. The number of quaternary nitrogens is 1. The van der Waals surface area contributed by atoms with Gasteiger partial charge in [-0.05, 0) is 76.7 Å². The van der Waals surface area contributed by atoms with E-state index in [2.05, 4.69) is 50.4 Å². The number of allylic oxidation sites excluding steroid dienone is 15. The van der Waals surface area contributed by atoms with Gasteiger partial charge in [0.15, 0.2) is 0 Å². The third-order valence-corrected chi connectivity index (χ3v) is 12.9. The Labute approximate surface area is 430 Å². The third kappa shape index (κ3) is 49.9. The van der Waals surface area contributed by atoms with Crippen molar-refractivity contribution in [3.8, 4) is 0 Å². The SMILES string of the molecule is CC\C=C/C=C/C=C/C=C\C=C\C=C\CCCCCC(=O)OC(/C=C/CCCCCCCCCCCCC)C(COP(=O)(O)OCC[N+](C)(C)C)NC(=O)CCCCC/C=C\CCCCCCCCC. The van der Waals surface area contributed by atoms with Crippen LogP contribution in [0.3, 0.4) is 0 Å². The van der Waals surface area contributed by atoms with Gasteiger partial charge in [0.05, 0.1) is 33.8 Å². The third-order valence-electron chi connectivity index (χ3n) is 11.9. The second kappa shape index (κ2) is 49.5. The fraction of sp³-hybridized carbons (Fsp3) is 0.700. The Morgan fingerprint density at radius 3 is 1.41 bits per heavy atom. The predicted octanol–water partition coefficient (Wildman–Crippen LogP) is 16.8. The summed E-state index contributed by atoms with van der Waals surface area (Å²) in [6.07, 6.45) is 65.4. The standard InChI is InChI=1S/C60H105N2O7P/c1-7-10-13-16-19-22-25-28-30-31-32-35-38-41-44-47-50-53-60(64)69-58(51-48-45-42-39-36-33-27-24-21-18-15-12-9-3)57(56-68-70(65,66)67-55-54-62(4,5)6)61-59(63)52-49-46-43-40-37-34-29-26-23-20-17-14-11-8-2/h10,13,16,19,22,25,28,30-32,34-35,37-38,48,51,57-58H,7-9,11-12,14-15,17-18,20-21,23-24,26-27,29,33,36,39-47,49-50,52-56H2,1-6H3,(H-,61,63,65,66)/p+1/b13-10-,19-16+,25-22+,30-28-,32-31+,37-34-,38-35+,51-48+. The number of nitrogens with zero attached hydrogens (tertiary/aromatic N) is 1. The van der Waals surface area contributed by atoms with Crippen LogP contribution in [0.1, 0.15) is 220 Å². The highest BCUT2D eigenvalue weighted by Crippen LogP contribution is 2.43. The highest BCUT2D eigenvalue weighted by molar-refractivity contribution is 7.47. The minimum Gasteiger partial charge on any atom is -0.456 e. The Hall–Kier alpha value is -3.07. The number of unbranched alkanes of at least 4 members (excludes halogenated alkanes) is 24. The quantitative estimate of drug-likeness (QED) is 0.0156. The number of esters is 1. The highest BCUT2D eigenvalue weighted by Gasteiger charge is 2.30. The number of amides is 1.